The Morgan fingerprint density at radius 3 is 2.53 bits per heavy atom. The quantitative estimate of drug-likeness (QED) is 0.805. The number of hydrogen-bond acceptors (Lipinski definition) is 1. The maximum atomic E-state index is 13.2. The average molecular weight is 326 g/mol. The van der Waals surface area contributed by atoms with Crippen molar-refractivity contribution in [3.8, 4) is 0 Å². The molecule has 0 aromatic heterocycles. The van der Waals surface area contributed by atoms with E-state index in [1.165, 1.54) is 24.3 Å². The van der Waals surface area contributed by atoms with Gasteiger partial charge in [-0.1, -0.05) is 19.1 Å². The van der Waals surface area contributed by atoms with Crippen molar-refractivity contribution in [2.75, 3.05) is 5.32 Å². The first kappa shape index (κ1) is 14.0. The highest BCUT2D eigenvalue weighted by molar-refractivity contribution is 9.10. The van der Waals surface area contributed by atoms with E-state index in [4.69, 9.17) is 0 Å². The molecule has 0 fully saturated rings. The number of hydrogen-bond donors (Lipinski definition) is 1. The summed E-state index contributed by atoms with van der Waals surface area (Å²) in [6.45, 7) is 2.00. The van der Waals surface area contributed by atoms with Crippen molar-refractivity contribution in [3.05, 3.63) is 64.1 Å². The molecule has 0 bridgehead atoms. The number of nitrogens with one attached hydrogen (secondary N) is 1. The fraction of sp³-hybridized carbons (Fsp3) is 0.200. The molecule has 0 aliphatic carbocycles. The third-order valence-corrected chi connectivity index (χ3v) is 3.61. The SMILES string of the molecule is CCC(Nc1cc(F)ccc1Br)c1cccc(F)c1. The van der Waals surface area contributed by atoms with Gasteiger partial charge in [0.15, 0.2) is 0 Å². The predicted octanol–water partition coefficient (Wildman–Crippen LogP) is 5.29. The molecular formula is C15H14BrF2N. The van der Waals surface area contributed by atoms with Crippen LogP contribution in [-0.4, -0.2) is 0 Å². The van der Waals surface area contributed by atoms with Crippen LogP contribution in [0.5, 0.6) is 0 Å². The molecule has 0 spiro atoms. The maximum Gasteiger partial charge on any atom is 0.125 e. The fourth-order valence-electron chi connectivity index (χ4n) is 1.94. The van der Waals surface area contributed by atoms with Crippen LogP contribution in [0, 0.1) is 11.6 Å². The van der Waals surface area contributed by atoms with Crippen LogP contribution in [0.4, 0.5) is 14.5 Å². The van der Waals surface area contributed by atoms with Gasteiger partial charge in [-0.3, -0.25) is 0 Å². The summed E-state index contributed by atoms with van der Waals surface area (Å²) in [4.78, 5) is 0. The van der Waals surface area contributed by atoms with E-state index < -0.39 is 0 Å². The highest BCUT2D eigenvalue weighted by Crippen LogP contribution is 2.29. The van der Waals surface area contributed by atoms with Gasteiger partial charge in [0.25, 0.3) is 0 Å². The van der Waals surface area contributed by atoms with Gasteiger partial charge >= 0.3 is 0 Å². The Labute approximate surface area is 119 Å². The number of benzene rings is 2. The van der Waals surface area contributed by atoms with Crippen LogP contribution in [0.15, 0.2) is 46.9 Å². The molecule has 1 atom stereocenters. The summed E-state index contributed by atoms with van der Waals surface area (Å²) in [6, 6.07) is 10.8. The largest absolute Gasteiger partial charge is 0.377 e. The first-order chi connectivity index (χ1) is 9.10. The molecule has 1 N–H and O–H groups in total. The lowest BCUT2D eigenvalue weighted by molar-refractivity contribution is 0.619. The molecule has 100 valence electrons. The van der Waals surface area contributed by atoms with Crippen LogP contribution in [0.3, 0.4) is 0 Å². The lowest BCUT2D eigenvalue weighted by Crippen LogP contribution is -2.10. The van der Waals surface area contributed by atoms with E-state index >= 15 is 0 Å². The fourth-order valence-corrected chi connectivity index (χ4v) is 2.30. The van der Waals surface area contributed by atoms with Crippen molar-refractivity contribution in [1.82, 2.24) is 0 Å². The number of anilines is 1. The average Bonchev–Trinajstić information content (AvgIpc) is 2.39. The molecule has 1 nitrogen and oxygen atoms in total. The summed E-state index contributed by atoms with van der Waals surface area (Å²) < 4.78 is 27.3. The topological polar surface area (TPSA) is 12.0 Å². The van der Waals surface area contributed by atoms with Gasteiger partial charge in [0.1, 0.15) is 11.6 Å². The minimum absolute atomic E-state index is 0.0613. The summed E-state index contributed by atoms with van der Waals surface area (Å²) in [6.07, 6.45) is 0.770. The molecule has 0 heterocycles. The van der Waals surface area contributed by atoms with E-state index in [0.29, 0.717) is 5.69 Å². The maximum absolute atomic E-state index is 13.2. The smallest absolute Gasteiger partial charge is 0.125 e. The van der Waals surface area contributed by atoms with Gasteiger partial charge < -0.3 is 5.32 Å². The molecular weight excluding hydrogens is 312 g/mol. The molecule has 0 amide bonds. The standard InChI is InChI=1S/C15H14BrF2N/c1-2-14(10-4-3-5-11(17)8-10)19-15-9-12(18)6-7-13(15)16/h3-9,14,19H,2H2,1H3. The number of rotatable bonds is 4. The molecule has 2 rings (SSSR count). The second-order valence-corrected chi connectivity index (χ2v) is 5.14. The molecule has 0 radical (unpaired) electrons. The first-order valence-corrected chi connectivity index (χ1v) is 6.86. The Kier molecular flexibility index (Phi) is 4.53. The molecule has 0 aliphatic rings. The van der Waals surface area contributed by atoms with Crippen LogP contribution < -0.4 is 5.32 Å². The molecule has 2 aromatic rings. The Balaban J connectivity index is 2.26. The molecule has 2 aromatic carbocycles. The monoisotopic (exact) mass is 325 g/mol. The van der Waals surface area contributed by atoms with Crippen molar-refractivity contribution in [1.29, 1.82) is 0 Å². The summed E-state index contributed by atoms with van der Waals surface area (Å²) in [7, 11) is 0. The second-order valence-electron chi connectivity index (χ2n) is 4.28. The minimum Gasteiger partial charge on any atom is -0.377 e. The van der Waals surface area contributed by atoms with Crippen molar-refractivity contribution in [2.45, 2.75) is 19.4 Å². The zero-order chi connectivity index (χ0) is 13.8. The van der Waals surface area contributed by atoms with E-state index in [0.717, 1.165) is 16.5 Å². The van der Waals surface area contributed by atoms with Crippen molar-refractivity contribution < 1.29 is 8.78 Å². The van der Waals surface area contributed by atoms with Gasteiger partial charge in [-0.15, -0.1) is 0 Å². The molecule has 0 aliphatic heterocycles. The van der Waals surface area contributed by atoms with Gasteiger partial charge in [-0.05, 0) is 58.2 Å². The Hall–Kier alpha value is -1.42. The van der Waals surface area contributed by atoms with Crippen molar-refractivity contribution in [2.24, 2.45) is 0 Å². The van der Waals surface area contributed by atoms with E-state index in [2.05, 4.69) is 21.2 Å². The van der Waals surface area contributed by atoms with Gasteiger partial charge in [0, 0.05) is 4.47 Å². The Bertz CT molecular complexity index is 572. The van der Waals surface area contributed by atoms with E-state index in [-0.39, 0.29) is 17.7 Å². The zero-order valence-electron chi connectivity index (χ0n) is 10.5. The minimum atomic E-state index is -0.306. The van der Waals surface area contributed by atoms with Crippen molar-refractivity contribution in [3.63, 3.8) is 0 Å². The Morgan fingerprint density at radius 1 is 1.11 bits per heavy atom. The van der Waals surface area contributed by atoms with Gasteiger partial charge in [-0.2, -0.15) is 0 Å². The molecule has 0 saturated heterocycles. The number of halogens is 3. The van der Waals surface area contributed by atoms with Crippen LogP contribution in [0.1, 0.15) is 24.9 Å². The first-order valence-electron chi connectivity index (χ1n) is 6.07. The van der Waals surface area contributed by atoms with Crippen molar-refractivity contribution >= 4 is 21.6 Å². The summed E-state index contributed by atoms with van der Waals surface area (Å²) >= 11 is 3.37. The lowest BCUT2D eigenvalue weighted by atomic mass is 10.0. The van der Waals surface area contributed by atoms with E-state index in [1.807, 2.05) is 13.0 Å². The summed E-state index contributed by atoms with van der Waals surface area (Å²) in [5.74, 6) is -0.573. The van der Waals surface area contributed by atoms with Gasteiger partial charge in [0.05, 0.1) is 11.7 Å². The second kappa shape index (κ2) is 6.15. The third kappa shape index (κ3) is 3.53. The van der Waals surface area contributed by atoms with Crippen LogP contribution in [-0.2, 0) is 0 Å². The summed E-state index contributed by atoms with van der Waals surface area (Å²) in [5, 5.41) is 3.23. The van der Waals surface area contributed by atoms with Crippen LogP contribution in [0.2, 0.25) is 0 Å². The molecule has 0 saturated carbocycles. The Morgan fingerprint density at radius 2 is 1.84 bits per heavy atom. The molecule has 1 unspecified atom stereocenters. The van der Waals surface area contributed by atoms with E-state index in [1.54, 1.807) is 12.1 Å². The van der Waals surface area contributed by atoms with Crippen LogP contribution >= 0.6 is 15.9 Å². The lowest BCUT2D eigenvalue weighted by Gasteiger charge is -2.20. The third-order valence-electron chi connectivity index (χ3n) is 2.92. The van der Waals surface area contributed by atoms with Gasteiger partial charge in [-0.25, -0.2) is 8.78 Å². The summed E-state index contributed by atoms with van der Waals surface area (Å²) in [5.41, 5.74) is 1.51. The van der Waals surface area contributed by atoms with Gasteiger partial charge in [0.2, 0.25) is 0 Å². The van der Waals surface area contributed by atoms with E-state index in [9.17, 15) is 8.78 Å². The zero-order valence-corrected chi connectivity index (χ0v) is 12.0. The van der Waals surface area contributed by atoms with Crippen LogP contribution in [0.25, 0.3) is 0 Å². The molecule has 19 heavy (non-hydrogen) atoms. The highest BCUT2D eigenvalue weighted by Gasteiger charge is 2.12. The molecule has 4 heteroatoms. The predicted molar refractivity (Wildman–Crippen MR) is 77.2 cm³/mol. The normalized spacial score (nSPS) is 12.2. The highest BCUT2D eigenvalue weighted by atomic mass is 79.9.